The fourth-order valence-electron chi connectivity index (χ4n) is 6.82. The number of sulfonamides is 2. The number of nitrogens with zero attached hydrogens (tertiary/aromatic N) is 6. The number of hydrogen-bond donors (Lipinski definition) is 0. The molecule has 2 aliphatic rings. The molecule has 22 heteroatoms. The van der Waals surface area contributed by atoms with E-state index in [1.165, 1.54) is 27.0 Å². The molecule has 0 radical (unpaired) electrons. The maximum atomic E-state index is 13.1. The lowest BCUT2D eigenvalue weighted by Crippen LogP contribution is -2.48. The van der Waals surface area contributed by atoms with E-state index in [1.807, 2.05) is 82.1 Å². The molecule has 0 unspecified atom stereocenters. The van der Waals surface area contributed by atoms with Crippen LogP contribution in [0.5, 0.6) is 0 Å². The lowest BCUT2D eigenvalue weighted by molar-refractivity contribution is -0.138. The molecule has 2 saturated heterocycles. The van der Waals surface area contributed by atoms with Gasteiger partial charge in [-0.2, -0.15) is 35.0 Å². The van der Waals surface area contributed by atoms with Crippen molar-refractivity contribution in [2.45, 2.75) is 29.1 Å². The molecule has 2 aromatic heterocycles. The van der Waals surface area contributed by atoms with Gasteiger partial charge in [-0.05, 0) is 48.9 Å². The van der Waals surface area contributed by atoms with Gasteiger partial charge in [0.15, 0.2) is 10.3 Å². The van der Waals surface area contributed by atoms with Crippen molar-refractivity contribution in [1.82, 2.24) is 18.6 Å². The van der Waals surface area contributed by atoms with Gasteiger partial charge in [-0.1, -0.05) is 77.8 Å². The zero-order valence-electron chi connectivity index (χ0n) is 32.9. The number of benzene rings is 4. The summed E-state index contributed by atoms with van der Waals surface area (Å²) >= 11 is 14.8. The van der Waals surface area contributed by atoms with Gasteiger partial charge in [0.25, 0.3) is 0 Å². The van der Waals surface area contributed by atoms with Crippen LogP contribution in [0.4, 0.5) is 36.6 Å². The predicted octanol–water partition coefficient (Wildman–Crippen LogP) is 10.3. The molecular weight excluding hydrogens is 954 g/mol. The molecule has 6 aromatic rings. The number of hydrogen-bond acceptors (Lipinski definition) is 10. The SMILES string of the molecule is Cc1ccccc1-c1csc(N2CCN(S(=O)(=O)c3cc(C(F)(F)F)ccc3Cl)CC2)n1.O=S(=O)(c1cc(C(F)(F)F)ccc1Cl)N1CCN(c2nc(-c3ccccc3)cs2)CC1. The number of halogens is 8. The number of aromatic nitrogens is 2. The van der Waals surface area contributed by atoms with Gasteiger partial charge in [0.05, 0.1) is 32.6 Å². The lowest BCUT2D eigenvalue weighted by Gasteiger charge is -2.34. The first-order valence-corrected chi connectivity index (χ1v) is 24.4. The molecule has 63 heavy (non-hydrogen) atoms. The summed E-state index contributed by atoms with van der Waals surface area (Å²) in [6.45, 7) is 3.98. The van der Waals surface area contributed by atoms with E-state index in [4.69, 9.17) is 28.2 Å². The number of rotatable bonds is 8. The molecule has 0 bridgehead atoms. The molecule has 334 valence electrons. The minimum Gasteiger partial charge on any atom is -0.345 e. The Morgan fingerprint density at radius 2 is 0.968 bits per heavy atom. The largest absolute Gasteiger partial charge is 0.416 e. The van der Waals surface area contributed by atoms with Crippen molar-refractivity contribution in [2.24, 2.45) is 0 Å². The van der Waals surface area contributed by atoms with Crippen LogP contribution in [-0.4, -0.2) is 87.8 Å². The standard InChI is InChI=1S/C21H19ClF3N3O2S2.C20H17ClF3N3O2S2/c1-14-4-2-3-5-16(14)18-13-31-20(26-18)27-8-10-28(11-9-27)32(29,30)19-12-15(21(23,24)25)6-7-17(19)22;21-16-7-6-15(20(22,23)24)12-18(16)31(28,29)27-10-8-26(9-11-27)19-25-17(13-30-19)14-4-2-1-3-5-14/h2-7,12-13H,8-11H2,1H3;1-7,12-13H,8-11H2. The minimum absolute atomic E-state index is 0.119. The fraction of sp³-hybridized carbons (Fsp3) is 0.268. The number of thiazole rings is 2. The quantitative estimate of drug-likeness (QED) is 0.139. The van der Waals surface area contributed by atoms with Crippen LogP contribution in [-0.2, 0) is 32.4 Å². The Bertz CT molecular complexity index is 2790. The highest BCUT2D eigenvalue weighted by molar-refractivity contribution is 7.89. The van der Waals surface area contributed by atoms with Crippen molar-refractivity contribution in [3.8, 4) is 22.5 Å². The van der Waals surface area contributed by atoms with Gasteiger partial charge in [-0.25, -0.2) is 26.8 Å². The molecule has 0 amide bonds. The summed E-state index contributed by atoms with van der Waals surface area (Å²) in [5.41, 5.74) is 2.73. The molecule has 0 aliphatic carbocycles. The number of alkyl halides is 6. The van der Waals surface area contributed by atoms with Crippen LogP contribution in [0.15, 0.2) is 112 Å². The van der Waals surface area contributed by atoms with Crippen LogP contribution < -0.4 is 9.80 Å². The molecule has 0 saturated carbocycles. The van der Waals surface area contributed by atoms with Crippen molar-refractivity contribution in [1.29, 1.82) is 0 Å². The van der Waals surface area contributed by atoms with E-state index < -0.39 is 53.3 Å². The van der Waals surface area contributed by atoms with E-state index in [0.29, 0.717) is 38.3 Å². The minimum atomic E-state index is -4.66. The van der Waals surface area contributed by atoms with E-state index in [9.17, 15) is 43.2 Å². The summed E-state index contributed by atoms with van der Waals surface area (Å²) in [4.78, 5) is 12.2. The molecule has 2 fully saturated rings. The molecule has 10 nitrogen and oxygen atoms in total. The van der Waals surface area contributed by atoms with E-state index in [-0.39, 0.29) is 36.2 Å². The Labute approximate surface area is 378 Å². The first kappa shape index (κ1) is 46.7. The molecule has 2 aliphatic heterocycles. The summed E-state index contributed by atoms with van der Waals surface area (Å²) in [6.07, 6.45) is -9.32. The van der Waals surface area contributed by atoms with E-state index in [2.05, 4.69) is 4.98 Å². The van der Waals surface area contributed by atoms with E-state index >= 15 is 0 Å². The Kier molecular flexibility index (Phi) is 13.8. The summed E-state index contributed by atoms with van der Waals surface area (Å²) in [6, 6.07) is 22.3. The Balaban J connectivity index is 0.000000189. The van der Waals surface area contributed by atoms with Crippen molar-refractivity contribution in [3.05, 3.63) is 128 Å². The van der Waals surface area contributed by atoms with Crippen molar-refractivity contribution >= 4 is 76.2 Å². The molecule has 8 rings (SSSR count). The van der Waals surface area contributed by atoms with Crippen LogP contribution in [0.3, 0.4) is 0 Å². The van der Waals surface area contributed by atoms with Gasteiger partial charge in [0, 0.05) is 74.2 Å². The smallest absolute Gasteiger partial charge is 0.345 e. The third-order valence-electron chi connectivity index (χ3n) is 10.2. The average Bonchev–Trinajstić information content (AvgIpc) is 3.96. The summed E-state index contributed by atoms with van der Waals surface area (Å²) in [5, 5.41) is 4.98. The average molecular weight is 990 g/mol. The van der Waals surface area contributed by atoms with Gasteiger partial charge in [-0.3, -0.25) is 0 Å². The second kappa shape index (κ2) is 18.7. The van der Waals surface area contributed by atoms with Gasteiger partial charge < -0.3 is 9.80 Å². The zero-order chi connectivity index (χ0) is 45.3. The van der Waals surface area contributed by atoms with Crippen LogP contribution in [0.1, 0.15) is 16.7 Å². The molecule has 0 N–H and O–H groups in total. The second-order valence-corrected chi connectivity index (χ2v) is 20.6. The number of aryl methyl sites for hydroxylation is 1. The van der Waals surface area contributed by atoms with E-state index in [1.54, 1.807) is 0 Å². The zero-order valence-corrected chi connectivity index (χ0v) is 37.7. The topological polar surface area (TPSA) is 107 Å². The number of anilines is 2. The van der Waals surface area contributed by atoms with Crippen LogP contribution in [0, 0.1) is 6.92 Å². The first-order chi connectivity index (χ1) is 29.7. The Morgan fingerprint density at radius 1 is 0.556 bits per heavy atom. The fourth-order valence-corrected chi connectivity index (χ4v) is 12.4. The highest BCUT2D eigenvalue weighted by atomic mass is 35.5. The third-order valence-corrected chi connectivity index (χ3v) is 16.8. The lowest BCUT2D eigenvalue weighted by atomic mass is 10.1. The predicted molar refractivity (Wildman–Crippen MR) is 235 cm³/mol. The maximum Gasteiger partial charge on any atom is 0.416 e. The van der Waals surface area contributed by atoms with Gasteiger partial charge in [0.2, 0.25) is 20.0 Å². The van der Waals surface area contributed by atoms with Crippen molar-refractivity contribution in [3.63, 3.8) is 0 Å². The van der Waals surface area contributed by atoms with Crippen molar-refractivity contribution in [2.75, 3.05) is 62.2 Å². The first-order valence-electron chi connectivity index (χ1n) is 19.0. The number of piperazine rings is 2. The third kappa shape index (κ3) is 10.5. The monoisotopic (exact) mass is 988 g/mol. The molecule has 4 aromatic carbocycles. The normalized spacial score (nSPS) is 15.9. The van der Waals surface area contributed by atoms with E-state index in [0.717, 1.165) is 66.9 Å². The summed E-state index contributed by atoms with van der Waals surface area (Å²) in [7, 11) is -8.33. The molecule has 4 heterocycles. The second-order valence-electron chi connectivity index (χ2n) is 14.3. The molecule has 0 atom stereocenters. The highest BCUT2D eigenvalue weighted by Crippen LogP contribution is 2.37. The van der Waals surface area contributed by atoms with Gasteiger partial charge in [0.1, 0.15) is 9.79 Å². The Morgan fingerprint density at radius 3 is 1.41 bits per heavy atom. The highest BCUT2D eigenvalue weighted by Gasteiger charge is 2.37. The Hall–Kier alpha value is -4.28. The van der Waals surface area contributed by atoms with Crippen LogP contribution in [0.2, 0.25) is 10.0 Å². The van der Waals surface area contributed by atoms with Gasteiger partial charge in [-0.15, -0.1) is 22.7 Å². The van der Waals surface area contributed by atoms with Crippen LogP contribution >= 0.6 is 45.9 Å². The molecule has 0 spiro atoms. The maximum absolute atomic E-state index is 13.1. The molecular formula is C41H36Cl2F6N6O4S4. The summed E-state index contributed by atoms with van der Waals surface area (Å²) < 4.78 is 133. The van der Waals surface area contributed by atoms with Crippen molar-refractivity contribution < 1.29 is 43.2 Å². The van der Waals surface area contributed by atoms with Crippen LogP contribution in [0.25, 0.3) is 22.5 Å². The van der Waals surface area contributed by atoms with Gasteiger partial charge >= 0.3 is 12.4 Å². The summed E-state index contributed by atoms with van der Waals surface area (Å²) in [5.74, 6) is 0.